The fraction of sp³-hybridized carbons (Fsp3) is 1.00. The molecule has 1 heterocycles. The first-order valence-electron chi connectivity index (χ1n) is 6.63. The van der Waals surface area contributed by atoms with Gasteiger partial charge in [-0.05, 0) is 50.6 Å². The molecule has 1 saturated heterocycles. The zero-order valence-corrected chi connectivity index (χ0v) is 10.8. The molecule has 1 fully saturated rings. The summed E-state index contributed by atoms with van der Waals surface area (Å²) in [5.74, 6) is 0. The minimum absolute atomic E-state index is 0.459. The van der Waals surface area contributed by atoms with Crippen molar-refractivity contribution >= 4 is 0 Å². The van der Waals surface area contributed by atoms with Crippen molar-refractivity contribution in [1.29, 1.82) is 0 Å². The first-order chi connectivity index (χ1) is 7.15. The molecule has 1 aliphatic heterocycles. The Kier molecular flexibility index (Phi) is 5.07. The molecule has 0 spiro atoms. The van der Waals surface area contributed by atoms with Crippen LogP contribution in [0.5, 0.6) is 0 Å². The van der Waals surface area contributed by atoms with Gasteiger partial charge in [0.25, 0.3) is 0 Å². The lowest BCUT2D eigenvalue weighted by Gasteiger charge is -2.39. The van der Waals surface area contributed by atoms with Gasteiger partial charge in [-0.3, -0.25) is 0 Å². The van der Waals surface area contributed by atoms with E-state index in [0.29, 0.717) is 11.5 Å². The van der Waals surface area contributed by atoms with Crippen LogP contribution in [0, 0.1) is 5.41 Å². The molecule has 1 rings (SSSR count). The normalized spacial score (nSPS) is 20.8. The van der Waals surface area contributed by atoms with Crippen molar-refractivity contribution in [3.05, 3.63) is 0 Å². The van der Waals surface area contributed by atoms with E-state index in [1.807, 2.05) is 0 Å². The van der Waals surface area contributed by atoms with E-state index in [9.17, 15) is 0 Å². The highest BCUT2D eigenvalue weighted by atomic mass is 15.1. The van der Waals surface area contributed by atoms with E-state index in [4.69, 9.17) is 5.73 Å². The van der Waals surface area contributed by atoms with Crippen molar-refractivity contribution < 1.29 is 0 Å². The van der Waals surface area contributed by atoms with Crippen LogP contribution in [-0.2, 0) is 0 Å². The zero-order chi connectivity index (χ0) is 11.3. The summed E-state index contributed by atoms with van der Waals surface area (Å²) in [5, 5.41) is 0. The molecule has 1 aliphatic rings. The van der Waals surface area contributed by atoms with Gasteiger partial charge < -0.3 is 10.6 Å². The van der Waals surface area contributed by atoms with Crippen LogP contribution in [0.15, 0.2) is 0 Å². The van der Waals surface area contributed by atoms with Crippen molar-refractivity contribution in [2.24, 2.45) is 11.1 Å². The van der Waals surface area contributed by atoms with Gasteiger partial charge in [-0.15, -0.1) is 0 Å². The van der Waals surface area contributed by atoms with Crippen molar-refractivity contribution in [3.8, 4) is 0 Å². The van der Waals surface area contributed by atoms with Crippen LogP contribution in [0.1, 0.15) is 52.9 Å². The molecule has 0 aliphatic carbocycles. The van der Waals surface area contributed by atoms with Crippen LogP contribution >= 0.6 is 0 Å². The summed E-state index contributed by atoms with van der Waals surface area (Å²) in [4.78, 5) is 2.62. The van der Waals surface area contributed by atoms with Crippen LogP contribution in [0.25, 0.3) is 0 Å². The molecule has 0 radical (unpaired) electrons. The number of likely N-dealkylation sites (tertiary alicyclic amines) is 1. The number of rotatable bonds is 5. The van der Waals surface area contributed by atoms with Gasteiger partial charge in [0.2, 0.25) is 0 Å². The second kappa shape index (κ2) is 5.86. The lowest BCUT2D eigenvalue weighted by atomic mass is 9.79. The SMILES string of the molecule is CCC(CC)(CC)CN1CCC(N)CC1. The van der Waals surface area contributed by atoms with Crippen LogP contribution in [0.2, 0.25) is 0 Å². The van der Waals surface area contributed by atoms with Gasteiger partial charge in [0.05, 0.1) is 0 Å². The van der Waals surface area contributed by atoms with Gasteiger partial charge >= 0.3 is 0 Å². The topological polar surface area (TPSA) is 29.3 Å². The molecule has 0 unspecified atom stereocenters. The average molecular weight is 212 g/mol. The number of nitrogens with zero attached hydrogens (tertiary/aromatic N) is 1. The Morgan fingerprint density at radius 2 is 1.53 bits per heavy atom. The van der Waals surface area contributed by atoms with Crippen molar-refractivity contribution in [1.82, 2.24) is 4.90 Å². The molecule has 90 valence electrons. The van der Waals surface area contributed by atoms with Gasteiger partial charge in [-0.25, -0.2) is 0 Å². The monoisotopic (exact) mass is 212 g/mol. The predicted octanol–water partition coefficient (Wildman–Crippen LogP) is 2.63. The Bertz CT molecular complexity index is 159. The first-order valence-corrected chi connectivity index (χ1v) is 6.63. The van der Waals surface area contributed by atoms with E-state index < -0.39 is 0 Å². The number of nitrogens with two attached hydrogens (primary N) is 1. The Morgan fingerprint density at radius 1 is 1.07 bits per heavy atom. The molecule has 15 heavy (non-hydrogen) atoms. The molecule has 0 amide bonds. The summed E-state index contributed by atoms with van der Waals surface area (Å²) in [5.41, 5.74) is 6.49. The summed E-state index contributed by atoms with van der Waals surface area (Å²) >= 11 is 0. The minimum atomic E-state index is 0.459. The third-order valence-electron chi connectivity index (χ3n) is 4.44. The summed E-state index contributed by atoms with van der Waals surface area (Å²) in [6, 6.07) is 0.459. The van der Waals surface area contributed by atoms with Crippen molar-refractivity contribution in [2.45, 2.75) is 58.9 Å². The van der Waals surface area contributed by atoms with E-state index in [2.05, 4.69) is 25.7 Å². The van der Waals surface area contributed by atoms with Gasteiger partial charge in [0, 0.05) is 12.6 Å². The Hall–Kier alpha value is -0.0800. The minimum Gasteiger partial charge on any atom is -0.328 e. The molecule has 2 nitrogen and oxygen atoms in total. The molecule has 0 aromatic rings. The largest absolute Gasteiger partial charge is 0.328 e. The van der Waals surface area contributed by atoms with Gasteiger partial charge in [-0.2, -0.15) is 0 Å². The second-order valence-corrected chi connectivity index (χ2v) is 5.17. The van der Waals surface area contributed by atoms with Crippen molar-refractivity contribution in [2.75, 3.05) is 19.6 Å². The number of piperidine rings is 1. The van der Waals surface area contributed by atoms with E-state index in [1.165, 1.54) is 51.7 Å². The summed E-state index contributed by atoms with van der Waals surface area (Å²) < 4.78 is 0. The summed E-state index contributed by atoms with van der Waals surface area (Å²) in [6.07, 6.45) is 6.30. The van der Waals surface area contributed by atoms with Crippen LogP contribution in [0.4, 0.5) is 0 Å². The quantitative estimate of drug-likeness (QED) is 0.759. The van der Waals surface area contributed by atoms with Crippen LogP contribution in [0.3, 0.4) is 0 Å². The first kappa shape index (κ1) is 13.0. The molecule has 0 saturated carbocycles. The second-order valence-electron chi connectivity index (χ2n) is 5.17. The van der Waals surface area contributed by atoms with E-state index in [-0.39, 0.29) is 0 Å². The third kappa shape index (κ3) is 3.46. The maximum absolute atomic E-state index is 5.93. The average Bonchev–Trinajstić information content (AvgIpc) is 2.29. The highest BCUT2D eigenvalue weighted by Crippen LogP contribution is 2.32. The molecule has 0 atom stereocenters. The van der Waals surface area contributed by atoms with Gasteiger partial charge in [0.15, 0.2) is 0 Å². The Balaban J connectivity index is 2.44. The maximum atomic E-state index is 5.93. The molecular formula is C13H28N2. The molecule has 0 aromatic heterocycles. The van der Waals surface area contributed by atoms with E-state index >= 15 is 0 Å². The lowest BCUT2D eigenvalue weighted by molar-refractivity contribution is 0.110. The third-order valence-corrected chi connectivity index (χ3v) is 4.44. The van der Waals surface area contributed by atoms with Crippen LogP contribution in [-0.4, -0.2) is 30.6 Å². The molecule has 2 heteroatoms. The fourth-order valence-corrected chi connectivity index (χ4v) is 2.67. The van der Waals surface area contributed by atoms with E-state index in [1.54, 1.807) is 0 Å². The highest BCUT2D eigenvalue weighted by molar-refractivity contribution is 4.82. The van der Waals surface area contributed by atoms with Gasteiger partial charge in [0.1, 0.15) is 0 Å². The van der Waals surface area contributed by atoms with E-state index in [0.717, 1.165) is 0 Å². The van der Waals surface area contributed by atoms with Crippen molar-refractivity contribution in [3.63, 3.8) is 0 Å². The number of hydrogen-bond donors (Lipinski definition) is 1. The summed E-state index contributed by atoms with van der Waals surface area (Å²) in [6.45, 7) is 10.7. The Morgan fingerprint density at radius 3 is 1.93 bits per heavy atom. The smallest absolute Gasteiger partial charge is 0.00631 e. The van der Waals surface area contributed by atoms with Crippen LogP contribution < -0.4 is 5.73 Å². The standard InChI is InChI=1S/C13H28N2/c1-4-13(5-2,6-3)11-15-9-7-12(14)8-10-15/h12H,4-11,14H2,1-3H3. The molecular weight excluding hydrogens is 184 g/mol. The molecule has 0 bridgehead atoms. The lowest BCUT2D eigenvalue weighted by Crippen LogP contribution is -2.44. The van der Waals surface area contributed by atoms with Gasteiger partial charge in [-0.1, -0.05) is 20.8 Å². The fourth-order valence-electron chi connectivity index (χ4n) is 2.67. The molecule has 2 N–H and O–H groups in total. The summed E-state index contributed by atoms with van der Waals surface area (Å²) in [7, 11) is 0. The highest BCUT2D eigenvalue weighted by Gasteiger charge is 2.28. The maximum Gasteiger partial charge on any atom is 0.00631 e. The zero-order valence-electron chi connectivity index (χ0n) is 10.8. The Labute approximate surface area is 95.2 Å². The number of hydrogen-bond acceptors (Lipinski definition) is 2. The predicted molar refractivity (Wildman–Crippen MR) is 67.0 cm³/mol. The molecule has 0 aromatic carbocycles.